The maximum Gasteiger partial charge on any atom is 0.203 e. The Balaban J connectivity index is 2.19. The molecule has 2 N–H and O–H groups in total. The summed E-state index contributed by atoms with van der Waals surface area (Å²) in [6.45, 7) is 5.92. The van der Waals surface area contributed by atoms with E-state index in [-0.39, 0.29) is 5.66 Å². The van der Waals surface area contributed by atoms with E-state index in [1.165, 1.54) is 19.4 Å². The quantitative estimate of drug-likeness (QED) is 0.408. The Morgan fingerprint density at radius 2 is 2.09 bits per heavy atom. The topological polar surface area (TPSA) is 26.0 Å². The van der Waals surface area contributed by atoms with Gasteiger partial charge in [-0.2, -0.15) is 0 Å². The molecule has 0 aromatic rings. The minimum Gasteiger partial charge on any atom is -0.295 e. The van der Waals surface area contributed by atoms with Crippen LogP contribution in [0.15, 0.2) is 0 Å². The third kappa shape index (κ3) is 0.695. The van der Waals surface area contributed by atoms with Gasteiger partial charge in [0.25, 0.3) is 0 Å². The number of quaternary nitrogens is 1. The van der Waals surface area contributed by atoms with Gasteiger partial charge < -0.3 is 0 Å². The lowest BCUT2D eigenvalue weighted by Gasteiger charge is -2.28. The summed E-state index contributed by atoms with van der Waals surface area (Å²) < 4.78 is 1.13. The lowest BCUT2D eigenvalue weighted by Crippen LogP contribution is -2.45. The van der Waals surface area contributed by atoms with Gasteiger partial charge in [-0.25, -0.2) is 0 Å². The first-order valence-corrected chi connectivity index (χ1v) is 4.65. The highest BCUT2D eigenvalue weighted by Gasteiger charge is 2.73. The van der Waals surface area contributed by atoms with Crippen LogP contribution in [-0.4, -0.2) is 29.8 Å². The van der Waals surface area contributed by atoms with E-state index >= 15 is 0 Å². The largest absolute Gasteiger partial charge is 0.295 e. The van der Waals surface area contributed by atoms with Crippen molar-refractivity contribution in [1.29, 1.82) is 0 Å². The third-order valence-electron chi connectivity index (χ3n) is 4.19. The van der Waals surface area contributed by atoms with Gasteiger partial charge in [-0.1, -0.05) is 6.92 Å². The van der Waals surface area contributed by atoms with Crippen molar-refractivity contribution in [3.63, 3.8) is 0 Å². The summed E-state index contributed by atoms with van der Waals surface area (Å²) in [5.41, 5.74) is 6.42. The average molecular weight is 155 g/mol. The molecule has 0 aliphatic carbocycles. The summed E-state index contributed by atoms with van der Waals surface area (Å²) in [6, 6.07) is 0.701. The van der Waals surface area contributed by atoms with Crippen molar-refractivity contribution >= 4 is 0 Å². The Bertz CT molecular complexity index is 192. The zero-order valence-electron chi connectivity index (χ0n) is 7.80. The zero-order chi connectivity index (χ0) is 8.28. The van der Waals surface area contributed by atoms with E-state index in [1.54, 1.807) is 0 Å². The van der Waals surface area contributed by atoms with Crippen molar-refractivity contribution in [2.75, 3.05) is 13.6 Å². The van der Waals surface area contributed by atoms with Gasteiger partial charge in [0.2, 0.25) is 5.66 Å². The van der Waals surface area contributed by atoms with Crippen LogP contribution in [0.5, 0.6) is 0 Å². The first kappa shape index (κ1) is 7.56. The van der Waals surface area contributed by atoms with Crippen molar-refractivity contribution in [2.24, 2.45) is 11.7 Å². The van der Waals surface area contributed by atoms with Gasteiger partial charge >= 0.3 is 0 Å². The fourth-order valence-corrected chi connectivity index (χ4v) is 2.93. The number of piperidine rings is 1. The molecule has 2 heteroatoms. The molecule has 2 saturated heterocycles. The highest BCUT2D eigenvalue weighted by Crippen LogP contribution is 2.52. The second-order valence-corrected chi connectivity index (χ2v) is 4.76. The van der Waals surface area contributed by atoms with Crippen molar-refractivity contribution in [3.8, 4) is 0 Å². The molecule has 2 aliphatic heterocycles. The molecule has 2 nitrogen and oxygen atoms in total. The van der Waals surface area contributed by atoms with E-state index in [1.807, 2.05) is 0 Å². The van der Waals surface area contributed by atoms with Crippen LogP contribution in [0.3, 0.4) is 0 Å². The van der Waals surface area contributed by atoms with E-state index in [0.717, 1.165) is 10.4 Å². The molecule has 4 atom stereocenters. The highest BCUT2D eigenvalue weighted by molar-refractivity contribution is 4.99. The predicted molar refractivity (Wildman–Crippen MR) is 45.8 cm³/mol. The van der Waals surface area contributed by atoms with Crippen LogP contribution >= 0.6 is 0 Å². The third-order valence-corrected chi connectivity index (χ3v) is 4.19. The van der Waals surface area contributed by atoms with Gasteiger partial charge in [-0.05, 0) is 13.3 Å². The number of likely N-dealkylation sites (N-methyl/N-ethyl adjacent to an activating group) is 1. The molecule has 0 aromatic heterocycles. The lowest BCUT2D eigenvalue weighted by atomic mass is 9.97. The van der Waals surface area contributed by atoms with Gasteiger partial charge in [-0.15, -0.1) is 0 Å². The van der Waals surface area contributed by atoms with Gasteiger partial charge in [0.05, 0.1) is 13.6 Å². The molecule has 0 spiro atoms. The molecule has 64 valence electrons. The molecule has 2 heterocycles. The van der Waals surface area contributed by atoms with Crippen LogP contribution < -0.4 is 5.73 Å². The molecule has 0 aromatic carbocycles. The minimum absolute atomic E-state index is 0.159. The summed E-state index contributed by atoms with van der Waals surface area (Å²) in [5, 5.41) is 0. The molecular formula is C9H19N2+. The molecule has 0 saturated carbocycles. The second kappa shape index (κ2) is 1.80. The smallest absolute Gasteiger partial charge is 0.203 e. The van der Waals surface area contributed by atoms with Crippen LogP contribution in [-0.2, 0) is 0 Å². The SMILES string of the molecule is CC1CCC2(N)C(C)[N+]2(C)C1. The molecule has 2 fully saturated rings. The Hall–Kier alpha value is -0.0800. The second-order valence-electron chi connectivity index (χ2n) is 4.76. The van der Waals surface area contributed by atoms with Crippen LogP contribution in [0.1, 0.15) is 26.7 Å². The average Bonchev–Trinajstić information content (AvgIpc) is 2.35. The van der Waals surface area contributed by atoms with Crippen molar-refractivity contribution in [2.45, 2.75) is 38.4 Å². The van der Waals surface area contributed by atoms with Gasteiger partial charge in [0, 0.05) is 12.3 Å². The highest BCUT2D eigenvalue weighted by atomic mass is 15.6. The number of fused-ring (bicyclic) bond motifs is 1. The number of hydrogen-bond donors (Lipinski definition) is 1. The Kier molecular flexibility index (Phi) is 1.24. The first-order chi connectivity index (χ1) is 5.01. The Morgan fingerprint density at radius 1 is 1.45 bits per heavy atom. The van der Waals surface area contributed by atoms with Crippen molar-refractivity contribution in [3.05, 3.63) is 0 Å². The van der Waals surface area contributed by atoms with E-state index in [9.17, 15) is 0 Å². The summed E-state index contributed by atoms with van der Waals surface area (Å²) >= 11 is 0. The first-order valence-electron chi connectivity index (χ1n) is 4.65. The predicted octanol–water partition coefficient (Wildman–Crippen LogP) is 0.920. The lowest BCUT2D eigenvalue weighted by molar-refractivity contribution is -0.828. The van der Waals surface area contributed by atoms with Gasteiger partial charge in [0.1, 0.15) is 0 Å². The normalized spacial score (nSPS) is 62.2. The molecular weight excluding hydrogens is 136 g/mol. The molecule has 11 heavy (non-hydrogen) atoms. The standard InChI is InChI=1S/C9H19N2/c1-7-4-5-9(10)8(2)11(9,3)6-7/h7-8H,4-6,10H2,1-3H3/q+1. The van der Waals surface area contributed by atoms with Crippen molar-refractivity contribution < 1.29 is 4.48 Å². The van der Waals surface area contributed by atoms with Crippen LogP contribution in [0, 0.1) is 5.92 Å². The van der Waals surface area contributed by atoms with Crippen LogP contribution in [0.2, 0.25) is 0 Å². The number of nitrogens with zero attached hydrogens (tertiary/aromatic N) is 1. The van der Waals surface area contributed by atoms with Crippen LogP contribution in [0.4, 0.5) is 0 Å². The summed E-state index contributed by atoms with van der Waals surface area (Å²) in [4.78, 5) is 0. The molecule has 0 radical (unpaired) electrons. The van der Waals surface area contributed by atoms with E-state index < -0.39 is 0 Å². The monoisotopic (exact) mass is 155 g/mol. The fraction of sp³-hybridized carbons (Fsp3) is 1.00. The minimum atomic E-state index is 0.159. The molecule has 4 unspecified atom stereocenters. The van der Waals surface area contributed by atoms with Gasteiger partial charge in [0.15, 0.2) is 6.04 Å². The zero-order valence-corrected chi connectivity index (χ0v) is 7.80. The number of nitrogens with two attached hydrogens (primary N) is 1. The fourth-order valence-electron chi connectivity index (χ4n) is 2.93. The maximum absolute atomic E-state index is 6.26. The Morgan fingerprint density at radius 3 is 2.55 bits per heavy atom. The molecule has 2 aliphatic rings. The van der Waals surface area contributed by atoms with Gasteiger partial charge in [-0.3, -0.25) is 10.2 Å². The molecule has 0 amide bonds. The van der Waals surface area contributed by atoms with E-state index in [4.69, 9.17) is 5.73 Å². The number of hydrogen-bond acceptors (Lipinski definition) is 1. The summed E-state index contributed by atoms with van der Waals surface area (Å²) in [6.07, 6.45) is 2.56. The van der Waals surface area contributed by atoms with Crippen LogP contribution in [0.25, 0.3) is 0 Å². The number of rotatable bonds is 0. The summed E-state index contributed by atoms with van der Waals surface area (Å²) in [7, 11) is 2.31. The van der Waals surface area contributed by atoms with Crippen molar-refractivity contribution in [1.82, 2.24) is 0 Å². The molecule has 0 bridgehead atoms. The molecule has 2 rings (SSSR count). The van der Waals surface area contributed by atoms with E-state index in [2.05, 4.69) is 20.9 Å². The Labute approximate surface area is 69.0 Å². The summed E-state index contributed by atoms with van der Waals surface area (Å²) in [5.74, 6) is 0.877. The van der Waals surface area contributed by atoms with E-state index in [0.29, 0.717) is 6.04 Å². The maximum atomic E-state index is 6.26.